The van der Waals surface area contributed by atoms with Crippen molar-refractivity contribution in [2.75, 3.05) is 6.61 Å². The van der Waals surface area contributed by atoms with Gasteiger partial charge in [-0.15, -0.1) is 0 Å². The summed E-state index contributed by atoms with van der Waals surface area (Å²) in [6, 6.07) is 0. The Kier molecular flexibility index (Phi) is 6.17. The molecule has 3 aliphatic rings. The Morgan fingerprint density at radius 1 is 1.23 bits per heavy atom. The SMILES string of the molecule is CC(=O)OCC1=C2[C@@H](OC1=O)[C@H]1O[C@@]1(C)CCC(=O)[C@@H](C)C[C@H]2OC(=O)C=C(C)C. The molecule has 5 atom stereocenters. The number of rotatable bonds is 4. The molecular formula is C22H28O8. The van der Waals surface area contributed by atoms with Gasteiger partial charge in [0.1, 0.15) is 24.6 Å². The number of Topliss-reactive ketones (excluding diaryl/α,β-unsaturated/α-hetero) is 1. The first-order valence-corrected chi connectivity index (χ1v) is 10.1. The molecule has 2 heterocycles. The van der Waals surface area contributed by atoms with E-state index in [1.54, 1.807) is 20.8 Å². The molecule has 2 fully saturated rings. The minimum absolute atomic E-state index is 0.0413. The summed E-state index contributed by atoms with van der Waals surface area (Å²) < 4.78 is 22.2. The second-order valence-electron chi connectivity index (χ2n) is 8.64. The lowest BCUT2D eigenvalue weighted by molar-refractivity contribution is -0.144. The third kappa shape index (κ3) is 4.64. The number of ether oxygens (including phenoxy) is 4. The fourth-order valence-corrected chi connectivity index (χ4v) is 4.02. The number of esters is 3. The van der Waals surface area contributed by atoms with Crippen molar-refractivity contribution < 1.29 is 38.1 Å². The molecule has 0 amide bonds. The molecule has 0 aromatic carbocycles. The van der Waals surface area contributed by atoms with E-state index in [2.05, 4.69) is 0 Å². The van der Waals surface area contributed by atoms with Crippen molar-refractivity contribution in [3.8, 4) is 0 Å². The molecule has 164 valence electrons. The highest BCUT2D eigenvalue weighted by molar-refractivity contribution is 5.94. The zero-order chi connectivity index (χ0) is 22.2. The molecule has 1 saturated carbocycles. The molecule has 0 spiro atoms. The molecule has 0 radical (unpaired) electrons. The Bertz CT molecular complexity index is 834. The second-order valence-corrected chi connectivity index (χ2v) is 8.64. The van der Waals surface area contributed by atoms with Crippen molar-refractivity contribution in [1.82, 2.24) is 0 Å². The van der Waals surface area contributed by atoms with Gasteiger partial charge in [0.05, 0.1) is 11.2 Å². The van der Waals surface area contributed by atoms with Crippen molar-refractivity contribution in [1.29, 1.82) is 0 Å². The first-order valence-electron chi connectivity index (χ1n) is 10.1. The molecule has 0 aromatic rings. The van der Waals surface area contributed by atoms with Gasteiger partial charge in [-0.2, -0.15) is 0 Å². The molecule has 1 saturated heterocycles. The normalized spacial score (nSPS) is 33.1. The minimum Gasteiger partial charge on any atom is -0.461 e. The van der Waals surface area contributed by atoms with Crippen LogP contribution in [0.25, 0.3) is 0 Å². The molecule has 8 nitrogen and oxygen atoms in total. The summed E-state index contributed by atoms with van der Waals surface area (Å²) in [6.07, 6.45) is 0.335. The molecular weight excluding hydrogens is 392 g/mol. The standard InChI is InChI=1S/C22H28O8/c1-11(2)8-17(25)28-16-9-12(3)15(24)6-7-22(5)20(30-22)19-18(16)14(21(26)29-19)10-27-13(4)23/h8,12,16,19-20H,6-7,9-10H2,1-5H3/t12-,16+,19+,20+,22-/m0/s1. The number of allylic oxidation sites excluding steroid dienone is 1. The van der Waals surface area contributed by atoms with E-state index in [-0.39, 0.29) is 24.4 Å². The van der Waals surface area contributed by atoms with Gasteiger partial charge in [-0.05, 0) is 33.6 Å². The lowest BCUT2D eigenvalue weighted by Crippen LogP contribution is -2.36. The second kappa shape index (κ2) is 8.34. The lowest BCUT2D eigenvalue weighted by Gasteiger charge is -2.26. The predicted octanol–water partition coefficient (Wildman–Crippen LogP) is 2.20. The van der Waals surface area contributed by atoms with E-state index in [0.717, 1.165) is 5.57 Å². The molecule has 3 rings (SSSR count). The van der Waals surface area contributed by atoms with E-state index in [1.807, 2.05) is 6.92 Å². The zero-order valence-electron chi connectivity index (χ0n) is 18.0. The summed E-state index contributed by atoms with van der Waals surface area (Å²) in [7, 11) is 0. The minimum atomic E-state index is -0.874. The largest absolute Gasteiger partial charge is 0.461 e. The summed E-state index contributed by atoms with van der Waals surface area (Å²) >= 11 is 0. The maximum atomic E-state index is 12.6. The third-order valence-corrected chi connectivity index (χ3v) is 5.77. The molecule has 8 heteroatoms. The molecule has 30 heavy (non-hydrogen) atoms. The topological polar surface area (TPSA) is 108 Å². The molecule has 0 bridgehead atoms. The van der Waals surface area contributed by atoms with E-state index in [1.165, 1.54) is 13.0 Å². The summed E-state index contributed by atoms with van der Waals surface area (Å²) in [5, 5.41) is 0. The fraction of sp³-hybridized carbons (Fsp3) is 0.636. The Balaban J connectivity index is 2.04. The van der Waals surface area contributed by atoms with Gasteiger partial charge in [0.25, 0.3) is 0 Å². The lowest BCUT2D eigenvalue weighted by atomic mass is 9.83. The van der Waals surface area contributed by atoms with Gasteiger partial charge in [-0.1, -0.05) is 12.5 Å². The molecule has 1 aliphatic carbocycles. The van der Waals surface area contributed by atoms with Gasteiger partial charge in [-0.25, -0.2) is 9.59 Å². The summed E-state index contributed by atoms with van der Waals surface area (Å²) in [5.74, 6) is -2.11. The highest BCUT2D eigenvalue weighted by Crippen LogP contribution is 2.49. The highest BCUT2D eigenvalue weighted by Gasteiger charge is 2.62. The average Bonchev–Trinajstić information content (AvgIpc) is 3.19. The van der Waals surface area contributed by atoms with Gasteiger partial charge in [0.2, 0.25) is 0 Å². The van der Waals surface area contributed by atoms with Gasteiger partial charge >= 0.3 is 17.9 Å². The Hall–Kier alpha value is -2.48. The van der Waals surface area contributed by atoms with Crippen LogP contribution in [-0.2, 0) is 38.1 Å². The van der Waals surface area contributed by atoms with Crippen LogP contribution in [0.2, 0.25) is 0 Å². The number of carbonyl (C=O) groups is 4. The summed E-state index contributed by atoms with van der Waals surface area (Å²) in [6.45, 7) is 8.13. The van der Waals surface area contributed by atoms with Gasteiger partial charge < -0.3 is 18.9 Å². The summed E-state index contributed by atoms with van der Waals surface area (Å²) in [4.78, 5) is 49.0. The number of ketones is 1. The third-order valence-electron chi connectivity index (χ3n) is 5.77. The van der Waals surface area contributed by atoms with Crippen molar-refractivity contribution in [2.45, 2.75) is 77.8 Å². The van der Waals surface area contributed by atoms with Gasteiger partial charge in [0, 0.05) is 30.9 Å². The highest BCUT2D eigenvalue weighted by atomic mass is 16.6. The Morgan fingerprint density at radius 2 is 1.93 bits per heavy atom. The number of carbonyl (C=O) groups excluding carboxylic acids is 4. The first-order chi connectivity index (χ1) is 14.0. The van der Waals surface area contributed by atoms with Crippen LogP contribution in [-0.4, -0.2) is 54.2 Å². The van der Waals surface area contributed by atoms with Crippen LogP contribution in [0.4, 0.5) is 0 Å². The van der Waals surface area contributed by atoms with E-state index in [0.29, 0.717) is 18.4 Å². The van der Waals surface area contributed by atoms with Crippen molar-refractivity contribution in [2.24, 2.45) is 5.92 Å². The van der Waals surface area contributed by atoms with Crippen molar-refractivity contribution in [3.63, 3.8) is 0 Å². The molecule has 2 aliphatic heterocycles. The van der Waals surface area contributed by atoms with Crippen molar-refractivity contribution >= 4 is 23.7 Å². The summed E-state index contributed by atoms with van der Waals surface area (Å²) in [5.41, 5.74) is 0.718. The van der Waals surface area contributed by atoms with Crippen LogP contribution in [0.3, 0.4) is 0 Å². The van der Waals surface area contributed by atoms with Gasteiger partial charge in [-0.3, -0.25) is 9.59 Å². The van der Waals surface area contributed by atoms with Crippen LogP contribution in [0.5, 0.6) is 0 Å². The molecule has 0 aromatic heterocycles. The fourth-order valence-electron chi connectivity index (χ4n) is 4.02. The van der Waals surface area contributed by atoms with Crippen LogP contribution in [0.15, 0.2) is 22.8 Å². The quantitative estimate of drug-likeness (QED) is 0.295. The maximum Gasteiger partial charge on any atom is 0.338 e. The van der Waals surface area contributed by atoms with Crippen LogP contribution in [0.1, 0.15) is 53.9 Å². The van der Waals surface area contributed by atoms with E-state index < -0.39 is 47.7 Å². The number of fused-ring (bicyclic) bond motifs is 3. The number of epoxide rings is 1. The van der Waals surface area contributed by atoms with Crippen LogP contribution < -0.4 is 0 Å². The monoisotopic (exact) mass is 420 g/mol. The van der Waals surface area contributed by atoms with Crippen LogP contribution in [0, 0.1) is 5.92 Å². The zero-order valence-corrected chi connectivity index (χ0v) is 18.0. The first kappa shape index (κ1) is 22.2. The Morgan fingerprint density at radius 3 is 2.57 bits per heavy atom. The smallest absolute Gasteiger partial charge is 0.338 e. The van der Waals surface area contributed by atoms with Crippen molar-refractivity contribution in [3.05, 3.63) is 22.8 Å². The van der Waals surface area contributed by atoms with Crippen LogP contribution >= 0.6 is 0 Å². The van der Waals surface area contributed by atoms with E-state index >= 15 is 0 Å². The Labute approximate surface area is 175 Å². The maximum absolute atomic E-state index is 12.6. The molecule has 0 unspecified atom stereocenters. The molecule has 0 N–H and O–H groups in total. The van der Waals surface area contributed by atoms with E-state index in [4.69, 9.17) is 18.9 Å². The van der Waals surface area contributed by atoms with E-state index in [9.17, 15) is 19.2 Å². The number of hydrogen-bond acceptors (Lipinski definition) is 8. The van der Waals surface area contributed by atoms with Gasteiger partial charge in [0.15, 0.2) is 6.10 Å². The predicted molar refractivity (Wildman–Crippen MR) is 104 cm³/mol. The average molecular weight is 420 g/mol. The number of hydrogen-bond donors (Lipinski definition) is 0.